The molecule has 0 saturated carbocycles. The summed E-state index contributed by atoms with van der Waals surface area (Å²) in [6.45, 7) is 2.57. The van der Waals surface area contributed by atoms with Gasteiger partial charge in [-0.1, -0.05) is 6.07 Å². The summed E-state index contributed by atoms with van der Waals surface area (Å²) in [5, 5.41) is 14.9. The maximum Gasteiger partial charge on any atom is 0.101 e. The molecular weight excluding hydrogens is 194 g/mol. The van der Waals surface area contributed by atoms with Crippen LogP contribution in [0.1, 0.15) is 24.3 Å². The summed E-state index contributed by atoms with van der Waals surface area (Å²) in [4.78, 5) is 0.991. The van der Waals surface area contributed by atoms with E-state index in [1.165, 1.54) is 0 Å². The second-order valence-corrected chi connectivity index (χ2v) is 4.23. The van der Waals surface area contributed by atoms with E-state index in [0.717, 1.165) is 4.88 Å². The molecule has 0 saturated heterocycles. The van der Waals surface area contributed by atoms with Crippen LogP contribution in [0.25, 0.3) is 0 Å². The first kappa shape index (κ1) is 11.3. The summed E-state index contributed by atoms with van der Waals surface area (Å²) >= 11 is 1.57. The molecule has 3 heteroatoms. The average Bonchev–Trinajstić information content (AvgIpc) is 2.67. The topological polar surface area (TPSA) is 32.3 Å². The highest BCUT2D eigenvalue weighted by atomic mass is 32.1. The molecule has 76 valence electrons. The van der Waals surface area contributed by atoms with Crippen molar-refractivity contribution in [3.8, 4) is 12.3 Å². The summed E-state index contributed by atoms with van der Waals surface area (Å²) in [7, 11) is 0. The Labute approximate surface area is 89.0 Å². The van der Waals surface area contributed by atoms with Crippen molar-refractivity contribution < 1.29 is 5.11 Å². The fourth-order valence-electron chi connectivity index (χ4n) is 1.14. The molecule has 2 N–H and O–H groups in total. The third-order valence-electron chi connectivity index (χ3n) is 1.96. The van der Waals surface area contributed by atoms with Gasteiger partial charge in [-0.15, -0.1) is 23.7 Å². The van der Waals surface area contributed by atoms with Crippen LogP contribution in [-0.2, 0) is 0 Å². The molecule has 1 rings (SSSR count). The minimum absolute atomic E-state index is 0.259. The van der Waals surface area contributed by atoms with Gasteiger partial charge in [0.25, 0.3) is 0 Å². The van der Waals surface area contributed by atoms with Gasteiger partial charge in [-0.2, -0.15) is 0 Å². The second-order valence-electron chi connectivity index (χ2n) is 3.25. The van der Waals surface area contributed by atoms with Crippen molar-refractivity contribution in [3.63, 3.8) is 0 Å². The zero-order valence-corrected chi connectivity index (χ0v) is 9.05. The molecule has 1 aromatic heterocycles. The van der Waals surface area contributed by atoms with Crippen molar-refractivity contribution in [2.24, 2.45) is 0 Å². The Bertz CT molecular complexity index is 289. The summed E-state index contributed by atoms with van der Waals surface area (Å²) < 4.78 is 0. The molecule has 0 aromatic carbocycles. The predicted molar refractivity (Wildman–Crippen MR) is 60.2 cm³/mol. The molecule has 0 aliphatic rings. The van der Waals surface area contributed by atoms with Gasteiger partial charge in [-0.3, -0.25) is 0 Å². The zero-order valence-electron chi connectivity index (χ0n) is 8.23. The molecular formula is C11H15NOS. The largest absolute Gasteiger partial charge is 0.386 e. The summed E-state index contributed by atoms with van der Waals surface area (Å²) in [5.74, 6) is 2.58. The first-order chi connectivity index (χ1) is 6.74. The van der Waals surface area contributed by atoms with Crippen molar-refractivity contribution >= 4 is 11.3 Å². The highest BCUT2D eigenvalue weighted by Crippen LogP contribution is 2.17. The molecule has 0 aliphatic heterocycles. The normalized spacial score (nSPS) is 14.6. The lowest BCUT2D eigenvalue weighted by Gasteiger charge is -2.14. The van der Waals surface area contributed by atoms with E-state index < -0.39 is 6.10 Å². The molecule has 0 spiro atoms. The van der Waals surface area contributed by atoms with E-state index in [9.17, 15) is 5.11 Å². The van der Waals surface area contributed by atoms with Gasteiger partial charge in [-0.05, 0) is 18.4 Å². The number of rotatable bonds is 5. The number of aliphatic hydroxyl groups excluding tert-OH is 1. The van der Waals surface area contributed by atoms with Crippen molar-refractivity contribution in [2.45, 2.75) is 25.5 Å². The fourth-order valence-corrected chi connectivity index (χ4v) is 1.86. The van der Waals surface area contributed by atoms with Crippen LogP contribution < -0.4 is 5.32 Å². The van der Waals surface area contributed by atoms with Crippen LogP contribution in [0.15, 0.2) is 17.5 Å². The molecule has 2 atom stereocenters. The van der Waals surface area contributed by atoms with Crippen LogP contribution in [0.4, 0.5) is 0 Å². The maximum atomic E-state index is 9.72. The van der Waals surface area contributed by atoms with Crippen LogP contribution >= 0.6 is 11.3 Å². The number of aliphatic hydroxyl groups is 1. The zero-order chi connectivity index (χ0) is 10.4. The quantitative estimate of drug-likeness (QED) is 0.725. The van der Waals surface area contributed by atoms with E-state index in [0.29, 0.717) is 13.0 Å². The van der Waals surface area contributed by atoms with Gasteiger partial charge in [0.2, 0.25) is 0 Å². The maximum absolute atomic E-state index is 9.72. The van der Waals surface area contributed by atoms with Gasteiger partial charge < -0.3 is 10.4 Å². The number of hydrogen-bond acceptors (Lipinski definition) is 3. The van der Waals surface area contributed by atoms with Gasteiger partial charge in [0.1, 0.15) is 6.10 Å². The standard InChI is InChI=1S/C11H15NOS/c1-3-5-9(2)12-8-10(13)11-6-4-7-14-11/h1,4,6-7,9-10,12-13H,5,8H2,2H3. The molecule has 0 amide bonds. The van der Waals surface area contributed by atoms with E-state index in [1.807, 2.05) is 24.4 Å². The Kier molecular flexibility index (Phi) is 4.68. The Morgan fingerprint density at radius 2 is 2.50 bits per heavy atom. The van der Waals surface area contributed by atoms with E-state index in [2.05, 4.69) is 11.2 Å². The van der Waals surface area contributed by atoms with Crippen molar-refractivity contribution in [2.75, 3.05) is 6.54 Å². The van der Waals surface area contributed by atoms with Crippen molar-refractivity contribution in [1.29, 1.82) is 0 Å². The molecule has 2 nitrogen and oxygen atoms in total. The van der Waals surface area contributed by atoms with Crippen molar-refractivity contribution in [3.05, 3.63) is 22.4 Å². The molecule has 2 unspecified atom stereocenters. The van der Waals surface area contributed by atoms with Gasteiger partial charge in [-0.25, -0.2) is 0 Å². The molecule has 0 radical (unpaired) electrons. The minimum Gasteiger partial charge on any atom is -0.386 e. The lowest BCUT2D eigenvalue weighted by Crippen LogP contribution is -2.29. The van der Waals surface area contributed by atoms with E-state index >= 15 is 0 Å². The first-order valence-electron chi connectivity index (χ1n) is 4.62. The molecule has 1 heterocycles. The van der Waals surface area contributed by atoms with E-state index in [-0.39, 0.29) is 6.04 Å². The highest BCUT2D eigenvalue weighted by molar-refractivity contribution is 7.10. The Balaban J connectivity index is 2.29. The Morgan fingerprint density at radius 3 is 3.07 bits per heavy atom. The lowest BCUT2D eigenvalue weighted by molar-refractivity contribution is 0.174. The molecule has 1 aromatic rings. The molecule has 14 heavy (non-hydrogen) atoms. The van der Waals surface area contributed by atoms with Crippen LogP contribution in [0.3, 0.4) is 0 Å². The molecule has 0 bridgehead atoms. The monoisotopic (exact) mass is 209 g/mol. The van der Waals surface area contributed by atoms with Gasteiger partial charge in [0.05, 0.1) is 0 Å². The smallest absolute Gasteiger partial charge is 0.101 e. The fraction of sp³-hybridized carbons (Fsp3) is 0.455. The third-order valence-corrected chi connectivity index (χ3v) is 2.93. The summed E-state index contributed by atoms with van der Waals surface area (Å²) in [6, 6.07) is 4.13. The highest BCUT2D eigenvalue weighted by Gasteiger charge is 2.09. The predicted octanol–water partition coefficient (Wildman–Crippen LogP) is 1.78. The van der Waals surface area contributed by atoms with Crippen molar-refractivity contribution in [1.82, 2.24) is 5.32 Å². The van der Waals surface area contributed by atoms with Gasteiger partial charge in [0, 0.05) is 23.9 Å². The van der Waals surface area contributed by atoms with Gasteiger partial charge >= 0.3 is 0 Å². The molecule has 0 fully saturated rings. The average molecular weight is 209 g/mol. The minimum atomic E-state index is -0.421. The number of hydrogen-bond donors (Lipinski definition) is 2. The SMILES string of the molecule is C#CCC(C)NCC(O)c1cccs1. The molecule has 0 aliphatic carbocycles. The van der Waals surface area contributed by atoms with E-state index in [1.54, 1.807) is 11.3 Å². The lowest BCUT2D eigenvalue weighted by atomic mass is 10.2. The van der Waals surface area contributed by atoms with Gasteiger partial charge in [0.15, 0.2) is 0 Å². The van der Waals surface area contributed by atoms with Crippen LogP contribution in [0.5, 0.6) is 0 Å². The second kappa shape index (κ2) is 5.82. The Hall–Kier alpha value is -0.820. The van der Waals surface area contributed by atoms with Crippen LogP contribution in [0, 0.1) is 12.3 Å². The third kappa shape index (κ3) is 3.51. The van der Waals surface area contributed by atoms with Crippen LogP contribution in [-0.4, -0.2) is 17.7 Å². The number of nitrogens with one attached hydrogen (secondary N) is 1. The summed E-state index contributed by atoms with van der Waals surface area (Å²) in [5.41, 5.74) is 0. The summed E-state index contributed by atoms with van der Waals surface area (Å²) in [6.07, 6.45) is 5.45. The number of thiophene rings is 1. The van der Waals surface area contributed by atoms with Crippen LogP contribution in [0.2, 0.25) is 0 Å². The van der Waals surface area contributed by atoms with E-state index in [4.69, 9.17) is 6.42 Å². The first-order valence-corrected chi connectivity index (χ1v) is 5.50. The number of terminal acetylenes is 1. The Morgan fingerprint density at radius 1 is 1.71 bits per heavy atom.